The minimum absolute atomic E-state index is 0.0548. The van der Waals surface area contributed by atoms with Crippen LogP contribution in [-0.2, 0) is 27.8 Å². The van der Waals surface area contributed by atoms with E-state index in [2.05, 4.69) is 0 Å². The average molecular weight is 493 g/mol. The Bertz CT molecular complexity index is 780. The second-order valence-corrected chi connectivity index (χ2v) is 13.1. The normalized spacial score (nSPS) is 54.2. The van der Waals surface area contributed by atoms with Crippen LogP contribution in [-0.4, -0.2) is 68.9 Å². The van der Waals surface area contributed by atoms with Gasteiger partial charge < -0.3 is 28.2 Å². The van der Waals surface area contributed by atoms with E-state index in [0.29, 0.717) is 6.42 Å². The van der Waals surface area contributed by atoms with Gasteiger partial charge in [-0.1, -0.05) is 51.4 Å². The van der Waals surface area contributed by atoms with Gasteiger partial charge in [0.05, 0.1) is 30.5 Å². The van der Waals surface area contributed by atoms with Gasteiger partial charge in [-0.05, 0) is 49.4 Å². The van der Waals surface area contributed by atoms with Crippen LogP contribution in [0.25, 0.3) is 0 Å². The molecule has 1 N–H and O–H groups in total. The smallest absolute Gasteiger partial charge is 0.511 e. The van der Waals surface area contributed by atoms with Gasteiger partial charge in [-0.15, -0.1) is 0 Å². The van der Waals surface area contributed by atoms with Crippen LogP contribution in [0.15, 0.2) is 0 Å². The molecule has 0 radical (unpaired) electrons. The molecule has 5 saturated carbocycles. The van der Waals surface area contributed by atoms with Gasteiger partial charge in [0.1, 0.15) is 24.4 Å². The Morgan fingerprint density at radius 3 is 1.50 bits per heavy atom. The molecular weight excluding hydrogens is 452 g/mol. The van der Waals surface area contributed by atoms with E-state index < -0.39 is 15.3 Å². The second-order valence-electron chi connectivity index (χ2n) is 12.3. The lowest BCUT2D eigenvalue weighted by Crippen LogP contribution is -2.69. The predicted molar refractivity (Wildman–Crippen MR) is 122 cm³/mol. The number of hydrogen-bond acceptors (Lipinski definition) is 6. The van der Waals surface area contributed by atoms with E-state index in [4.69, 9.17) is 23.4 Å². The van der Waals surface area contributed by atoms with Gasteiger partial charge in [0, 0.05) is 6.42 Å². The lowest BCUT2D eigenvalue weighted by molar-refractivity contribution is -0.345. The van der Waals surface area contributed by atoms with E-state index in [9.17, 15) is 9.26 Å². The van der Waals surface area contributed by atoms with Crippen LogP contribution in [0.1, 0.15) is 83.5 Å². The summed E-state index contributed by atoms with van der Waals surface area (Å²) in [7, 11) is -3.09. The van der Waals surface area contributed by atoms with Crippen LogP contribution in [0, 0.1) is 23.7 Å². The van der Waals surface area contributed by atoms with Crippen molar-refractivity contribution in [2.45, 2.75) is 138 Å². The number of fused-ring (bicyclic) bond motifs is 7. The molecule has 13 atom stereocenters. The standard InChI is InChI=1S/C26H40O7Si/c27-34(28)33-23-13-22-24(30-19-10-15-6-2-1-5-14(15)9-18(19)29-22)26-25(23)31-20-11-16-7-3-4-8-17(16)12-21(20)32-26/h14-27H,1-13H2. The quantitative estimate of drug-likeness (QED) is 0.591. The van der Waals surface area contributed by atoms with Crippen molar-refractivity contribution in [3.63, 3.8) is 0 Å². The summed E-state index contributed by atoms with van der Waals surface area (Å²) in [4.78, 5) is 9.65. The van der Waals surface area contributed by atoms with Crippen LogP contribution < -0.4 is 0 Å². The summed E-state index contributed by atoms with van der Waals surface area (Å²) in [5.41, 5.74) is 0. The first-order valence-corrected chi connectivity index (χ1v) is 15.4. The molecule has 7 nitrogen and oxygen atoms in total. The number of hydrogen-bond donors (Lipinski definition) is 1. The van der Waals surface area contributed by atoms with Crippen molar-refractivity contribution in [1.82, 2.24) is 0 Å². The molecule has 0 aromatic rings. The van der Waals surface area contributed by atoms with E-state index in [0.717, 1.165) is 49.4 Å². The molecule has 7 aliphatic rings. The lowest BCUT2D eigenvalue weighted by atomic mass is 9.68. The highest BCUT2D eigenvalue weighted by Crippen LogP contribution is 2.50. The first-order valence-electron chi connectivity index (χ1n) is 14.1. The first kappa shape index (κ1) is 22.6. The summed E-state index contributed by atoms with van der Waals surface area (Å²) in [6.45, 7) is 0. The van der Waals surface area contributed by atoms with Gasteiger partial charge in [-0.25, -0.2) is 0 Å². The molecule has 2 aliphatic heterocycles. The molecule has 7 fully saturated rings. The summed E-state index contributed by atoms with van der Waals surface area (Å²) in [6.07, 6.45) is 14.3. The molecule has 0 aromatic carbocycles. The maximum atomic E-state index is 11.8. The van der Waals surface area contributed by atoms with Crippen LogP contribution in [0.4, 0.5) is 0 Å². The Hall–Kier alpha value is -0.543. The van der Waals surface area contributed by atoms with Crippen molar-refractivity contribution in [3.05, 3.63) is 0 Å². The maximum Gasteiger partial charge on any atom is 0.764 e. The van der Waals surface area contributed by atoms with Crippen molar-refractivity contribution >= 4 is 9.17 Å². The van der Waals surface area contributed by atoms with Gasteiger partial charge in [0.2, 0.25) is 0 Å². The third kappa shape index (κ3) is 4.00. The fraction of sp³-hybridized carbons (Fsp3) is 1.00. The molecule has 2 heterocycles. The highest BCUT2D eigenvalue weighted by molar-refractivity contribution is 6.24. The van der Waals surface area contributed by atoms with Gasteiger partial charge in [-0.2, -0.15) is 0 Å². The Kier molecular flexibility index (Phi) is 6.05. The fourth-order valence-electron chi connectivity index (χ4n) is 8.98. The molecule has 0 aromatic heterocycles. The highest BCUT2D eigenvalue weighted by atomic mass is 28.3. The molecule has 2 saturated heterocycles. The Morgan fingerprint density at radius 2 is 1.00 bits per heavy atom. The second kappa shape index (κ2) is 9.09. The molecule has 7 rings (SSSR count). The Labute approximate surface area is 204 Å². The largest absolute Gasteiger partial charge is 0.764 e. The predicted octanol–water partition coefficient (Wildman–Crippen LogP) is 3.43. The molecule has 0 spiro atoms. The zero-order valence-electron chi connectivity index (χ0n) is 20.1. The van der Waals surface area contributed by atoms with Crippen molar-refractivity contribution < 1.29 is 32.6 Å². The highest BCUT2D eigenvalue weighted by Gasteiger charge is 2.59. The van der Waals surface area contributed by atoms with Gasteiger partial charge in [-0.3, -0.25) is 4.46 Å². The summed E-state index contributed by atoms with van der Waals surface area (Å²) < 4.78 is 44.4. The fourth-order valence-corrected chi connectivity index (χ4v) is 9.47. The van der Waals surface area contributed by atoms with Crippen molar-refractivity contribution in [2.24, 2.45) is 23.7 Å². The van der Waals surface area contributed by atoms with E-state index >= 15 is 0 Å². The van der Waals surface area contributed by atoms with E-state index in [1.165, 1.54) is 51.4 Å². The van der Waals surface area contributed by atoms with E-state index in [1.54, 1.807) is 0 Å². The minimum atomic E-state index is -3.09. The van der Waals surface area contributed by atoms with Gasteiger partial charge >= 0.3 is 9.17 Å². The maximum absolute atomic E-state index is 11.8. The van der Waals surface area contributed by atoms with Crippen molar-refractivity contribution in [2.75, 3.05) is 0 Å². The third-order valence-corrected chi connectivity index (χ3v) is 11.0. The molecule has 13 unspecified atom stereocenters. The zero-order chi connectivity index (χ0) is 22.8. The van der Waals surface area contributed by atoms with Crippen LogP contribution in [0.5, 0.6) is 0 Å². The van der Waals surface area contributed by atoms with Crippen LogP contribution in [0.2, 0.25) is 0 Å². The van der Waals surface area contributed by atoms with E-state index in [1.807, 2.05) is 0 Å². The molecule has 0 bridgehead atoms. The van der Waals surface area contributed by atoms with E-state index in [-0.39, 0.29) is 48.8 Å². The Morgan fingerprint density at radius 1 is 0.559 bits per heavy atom. The Balaban J connectivity index is 1.12. The van der Waals surface area contributed by atoms with Crippen LogP contribution >= 0.6 is 0 Å². The number of ether oxygens (including phenoxy) is 4. The van der Waals surface area contributed by atoms with Crippen molar-refractivity contribution in [1.29, 1.82) is 0 Å². The van der Waals surface area contributed by atoms with Gasteiger partial charge in [0.25, 0.3) is 0 Å². The van der Waals surface area contributed by atoms with Gasteiger partial charge in [0.15, 0.2) is 0 Å². The lowest BCUT2D eigenvalue weighted by Gasteiger charge is -2.58. The van der Waals surface area contributed by atoms with Crippen LogP contribution in [0.3, 0.4) is 0 Å². The summed E-state index contributed by atoms with van der Waals surface area (Å²) in [5, 5.41) is 0. The first-order chi connectivity index (χ1) is 16.6. The molecule has 5 aliphatic carbocycles. The molecule has 190 valence electrons. The van der Waals surface area contributed by atoms with Crippen molar-refractivity contribution in [3.8, 4) is 0 Å². The SMILES string of the molecule is O=[Si](O)OC1CC2OC3CC4CCCCC4CC3OC2C2OC3CC4CCCCC4CC3OC12. The minimum Gasteiger partial charge on any atom is -0.511 e. The molecular formula is C26H40O7Si. The summed E-state index contributed by atoms with van der Waals surface area (Å²) in [5.74, 6) is 2.99. The average Bonchev–Trinajstić information content (AvgIpc) is 2.84. The molecule has 8 heteroatoms. The molecule has 34 heavy (non-hydrogen) atoms. The molecule has 0 amide bonds. The third-order valence-electron chi connectivity index (χ3n) is 10.5. The zero-order valence-corrected chi connectivity index (χ0v) is 21.1. The number of rotatable bonds is 2. The summed E-state index contributed by atoms with van der Waals surface area (Å²) >= 11 is 0. The summed E-state index contributed by atoms with van der Waals surface area (Å²) in [6, 6.07) is 0. The monoisotopic (exact) mass is 492 g/mol. The topological polar surface area (TPSA) is 83.5 Å².